The van der Waals surface area contributed by atoms with Gasteiger partial charge in [-0.15, -0.1) is 12.6 Å². The molecule has 4 unspecified atom stereocenters. The first-order valence-electron chi connectivity index (χ1n) is 14.6. The van der Waals surface area contributed by atoms with Crippen LogP contribution in [0.25, 0.3) is 0 Å². The molecule has 0 aromatic heterocycles. The van der Waals surface area contributed by atoms with Gasteiger partial charge in [0, 0.05) is 0 Å². The van der Waals surface area contributed by atoms with E-state index in [2.05, 4.69) is 26.5 Å². The normalized spacial score (nSPS) is 16.0. The van der Waals surface area contributed by atoms with Gasteiger partial charge in [0.2, 0.25) is 8.46 Å². The SMILES string of the molecule is CCCCCCCCCCCCC(CCCCCCC)CC(S)OC(CC)OCC(O)(P=O)C(=O)O. The van der Waals surface area contributed by atoms with Gasteiger partial charge in [0.15, 0.2) is 6.29 Å². The van der Waals surface area contributed by atoms with E-state index in [-0.39, 0.29) is 5.44 Å². The largest absolute Gasteiger partial charge is 0.478 e. The first kappa shape index (κ1) is 35.8. The van der Waals surface area contributed by atoms with Crippen LogP contribution in [0.3, 0.4) is 0 Å². The van der Waals surface area contributed by atoms with Crippen LogP contribution < -0.4 is 0 Å². The van der Waals surface area contributed by atoms with E-state index in [1.54, 1.807) is 0 Å². The lowest BCUT2D eigenvalue weighted by Crippen LogP contribution is -2.39. The number of hydrogen-bond acceptors (Lipinski definition) is 6. The number of carboxylic acid groups (broad SMARTS) is 1. The zero-order valence-corrected chi connectivity index (χ0v) is 25.1. The Labute approximate surface area is 228 Å². The highest BCUT2D eigenvalue weighted by atomic mass is 32.1. The van der Waals surface area contributed by atoms with Gasteiger partial charge in [-0.25, -0.2) is 4.79 Å². The van der Waals surface area contributed by atoms with Crippen LogP contribution in [-0.4, -0.2) is 39.9 Å². The first-order valence-corrected chi connectivity index (χ1v) is 15.9. The Hall–Kier alpha value is -0.200. The number of thiol groups is 1. The van der Waals surface area contributed by atoms with Crippen LogP contribution in [0.4, 0.5) is 0 Å². The summed E-state index contributed by atoms with van der Waals surface area (Å²) in [4.78, 5) is 11.1. The van der Waals surface area contributed by atoms with E-state index in [4.69, 9.17) is 14.6 Å². The molecule has 6 nitrogen and oxygen atoms in total. The quantitative estimate of drug-likeness (QED) is 0.0410. The molecule has 0 fully saturated rings. The Balaban J connectivity index is 4.48. The van der Waals surface area contributed by atoms with E-state index >= 15 is 0 Å². The van der Waals surface area contributed by atoms with Gasteiger partial charge in [0.25, 0.3) is 5.34 Å². The van der Waals surface area contributed by atoms with Gasteiger partial charge in [0.1, 0.15) is 12.0 Å². The van der Waals surface area contributed by atoms with Crippen molar-refractivity contribution in [2.45, 2.75) is 160 Å². The standard InChI is InChI=1S/C28H55O6PS/c1-4-7-9-11-12-13-14-15-17-19-21-24(20-18-16-10-8-5-2)22-26(36)34-25(6-3)33-23-28(31,35-32)27(29)30/h24-26,31,36H,4-23H2,1-3H3,(H,29,30). The molecule has 8 heteroatoms. The van der Waals surface area contributed by atoms with Gasteiger partial charge in [-0.05, 0) is 18.8 Å². The van der Waals surface area contributed by atoms with Crippen LogP contribution in [0.1, 0.15) is 143 Å². The molecule has 0 aliphatic rings. The number of unbranched alkanes of at least 4 members (excludes halogenated alkanes) is 13. The molecule has 2 N–H and O–H groups in total. The van der Waals surface area contributed by atoms with E-state index in [1.165, 1.54) is 109 Å². The summed E-state index contributed by atoms with van der Waals surface area (Å²) in [6, 6.07) is 0. The van der Waals surface area contributed by atoms with Crippen molar-refractivity contribution in [3.05, 3.63) is 0 Å². The summed E-state index contributed by atoms with van der Waals surface area (Å²) in [6.07, 6.45) is 22.6. The van der Waals surface area contributed by atoms with E-state index < -0.39 is 32.7 Å². The second kappa shape index (κ2) is 23.9. The van der Waals surface area contributed by atoms with Gasteiger partial charge in [-0.1, -0.05) is 130 Å². The molecule has 36 heavy (non-hydrogen) atoms. The van der Waals surface area contributed by atoms with Crippen molar-refractivity contribution >= 4 is 27.1 Å². The van der Waals surface area contributed by atoms with Crippen LogP contribution in [0.5, 0.6) is 0 Å². The number of carboxylic acids is 1. The fourth-order valence-corrected chi connectivity index (χ4v) is 5.08. The highest BCUT2D eigenvalue weighted by Gasteiger charge is 2.39. The zero-order valence-electron chi connectivity index (χ0n) is 23.3. The topological polar surface area (TPSA) is 93.1 Å². The molecule has 0 amide bonds. The molecule has 0 bridgehead atoms. The highest BCUT2D eigenvalue weighted by molar-refractivity contribution is 7.80. The third-order valence-corrected chi connectivity index (χ3v) is 7.78. The van der Waals surface area contributed by atoms with Crippen molar-refractivity contribution in [2.75, 3.05) is 6.61 Å². The predicted molar refractivity (Wildman–Crippen MR) is 152 cm³/mol. The Morgan fingerprint density at radius 1 is 0.833 bits per heavy atom. The van der Waals surface area contributed by atoms with Crippen LogP contribution >= 0.6 is 21.1 Å². The smallest absolute Gasteiger partial charge is 0.350 e. The van der Waals surface area contributed by atoms with Crippen molar-refractivity contribution in [3.8, 4) is 0 Å². The van der Waals surface area contributed by atoms with Crippen molar-refractivity contribution in [2.24, 2.45) is 5.92 Å². The summed E-state index contributed by atoms with van der Waals surface area (Å²) in [6.45, 7) is 5.74. The number of aliphatic hydroxyl groups is 1. The van der Waals surface area contributed by atoms with Gasteiger partial charge < -0.3 is 19.7 Å². The average molecular weight is 551 g/mol. The summed E-state index contributed by atoms with van der Waals surface area (Å²) < 4.78 is 22.4. The second-order valence-electron chi connectivity index (χ2n) is 10.2. The lowest BCUT2D eigenvalue weighted by molar-refractivity contribution is -0.183. The van der Waals surface area contributed by atoms with Crippen molar-refractivity contribution in [3.63, 3.8) is 0 Å². The molecule has 0 saturated heterocycles. The molecule has 0 aromatic carbocycles. The minimum absolute atomic E-state index is 0.332. The van der Waals surface area contributed by atoms with Crippen LogP contribution in [-0.2, 0) is 18.8 Å². The Morgan fingerprint density at radius 2 is 1.28 bits per heavy atom. The predicted octanol–water partition coefficient (Wildman–Crippen LogP) is 8.75. The number of aliphatic carboxylic acids is 1. The number of rotatable bonds is 27. The van der Waals surface area contributed by atoms with E-state index in [1.807, 2.05) is 6.92 Å². The maximum atomic E-state index is 11.1. The van der Waals surface area contributed by atoms with Crippen molar-refractivity contribution < 1.29 is 29.0 Å². The number of hydrogen-bond donors (Lipinski definition) is 3. The Kier molecular flexibility index (Phi) is 23.8. The molecule has 0 radical (unpaired) electrons. The van der Waals surface area contributed by atoms with Crippen molar-refractivity contribution in [1.29, 1.82) is 0 Å². The van der Waals surface area contributed by atoms with E-state index in [0.717, 1.165) is 6.42 Å². The molecule has 0 aliphatic heterocycles. The molecule has 214 valence electrons. The molecule has 0 rings (SSSR count). The fourth-order valence-electron chi connectivity index (χ4n) is 4.44. The number of carbonyl (C=O) groups is 1. The molecular formula is C28H55O6PS. The zero-order chi connectivity index (χ0) is 27.1. The Bertz CT molecular complexity index is 538. The minimum Gasteiger partial charge on any atom is -0.478 e. The van der Waals surface area contributed by atoms with Gasteiger partial charge in [0.05, 0.1) is 0 Å². The maximum absolute atomic E-state index is 11.1. The molecule has 0 aromatic rings. The molecule has 4 atom stereocenters. The lowest BCUT2D eigenvalue weighted by atomic mass is 9.91. The maximum Gasteiger partial charge on any atom is 0.350 e. The third kappa shape index (κ3) is 19.0. The molecule has 0 saturated carbocycles. The van der Waals surface area contributed by atoms with Crippen LogP contribution in [0.15, 0.2) is 0 Å². The van der Waals surface area contributed by atoms with Gasteiger partial charge in [-0.2, -0.15) is 0 Å². The van der Waals surface area contributed by atoms with Crippen LogP contribution in [0.2, 0.25) is 0 Å². The van der Waals surface area contributed by atoms with E-state index in [0.29, 0.717) is 12.3 Å². The Morgan fingerprint density at radius 3 is 1.67 bits per heavy atom. The number of ether oxygens (including phenoxy) is 2. The summed E-state index contributed by atoms with van der Waals surface area (Å²) in [5, 5.41) is 16.5. The minimum atomic E-state index is -2.46. The van der Waals surface area contributed by atoms with Crippen molar-refractivity contribution in [1.82, 2.24) is 0 Å². The second-order valence-corrected chi connectivity index (χ2v) is 11.7. The van der Waals surface area contributed by atoms with Gasteiger partial charge >= 0.3 is 5.97 Å². The van der Waals surface area contributed by atoms with Crippen LogP contribution in [0, 0.1) is 5.92 Å². The summed E-state index contributed by atoms with van der Waals surface area (Å²) in [7, 11) is -0.909. The summed E-state index contributed by atoms with van der Waals surface area (Å²) >= 11 is 4.65. The molecular weight excluding hydrogens is 495 g/mol. The summed E-state index contributed by atoms with van der Waals surface area (Å²) in [5.74, 6) is -1.05. The average Bonchev–Trinajstić information content (AvgIpc) is 2.86. The van der Waals surface area contributed by atoms with Gasteiger partial charge in [-0.3, -0.25) is 4.57 Å². The monoisotopic (exact) mass is 550 g/mol. The fraction of sp³-hybridized carbons (Fsp3) is 0.964. The highest BCUT2D eigenvalue weighted by Crippen LogP contribution is 2.27. The molecule has 0 aliphatic carbocycles. The lowest BCUT2D eigenvalue weighted by Gasteiger charge is -2.26. The molecule has 0 heterocycles. The summed E-state index contributed by atoms with van der Waals surface area (Å²) in [5.41, 5.74) is -0.332. The van der Waals surface area contributed by atoms with E-state index in [9.17, 15) is 14.5 Å². The third-order valence-electron chi connectivity index (χ3n) is 6.82. The molecule has 0 spiro atoms. The first-order chi connectivity index (χ1) is 17.3.